The smallest absolute Gasteiger partial charge is 0.418 e. The monoisotopic (exact) mass is 594 g/mol. The van der Waals surface area contributed by atoms with Crippen molar-refractivity contribution >= 4 is 55.4 Å². The Kier molecular flexibility index (Phi) is 8.98. The van der Waals surface area contributed by atoms with Gasteiger partial charge in [0.05, 0.1) is 22.9 Å². The third kappa shape index (κ3) is 7.11. The van der Waals surface area contributed by atoms with E-state index in [0.717, 1.165) is 0 Å². The minimum Gasteiger partial charge on any atom is -0.459 e. The van der Waals surface area contributed by atoms with Crippen LogP contribution in [-0.2, 0) is 24.3 Å². The van der Waals surface area contributed by atoms with Gasteiger partial charge >= 0.3 is 12.1 Å². The molecule has 42 heavy (non-hydrogen) atoms. The highest BCUT2D eigenvalue weighted by Crippen LogP contribution is 2.35. The Bertz CT molecular complexity index is 1690. The summed E-state index contributed by atoms with van der Waals surface area (Å²) in [6, 6.07) is 18.0. The molecule has 0 saturated heterocycles. The maximum Gasteiger partial charge on any atom is 0.418 e. The largest absolute Gasteiger partial charge is 0.459 e. The summed E-state index contributed by atoms with van der Waals surface area (Å²) in [7, 11) is -4.10. The number of nitrogens with one attached hydrogen (secondary N) is 1. The number of carbonyl (C=O) groups is 2. The van der Waals surface area contributed by atoms with Gasteiger partial charge in [-0.3, -0.25) is 4.79 Å². The lowest BCUT2D eigenvalue weighted by molar-refractivity contribution is -0.158. The number of amides is 1. The highest BCUT2D eigenvalue weighted by molar-refractivity contribution is 7.89. The van der Waals surface area contributed by atoms with E-state index in [-0.39, 0.29) is 23.3 Å². The van der Waals surface area contributed by atoms with Gasteiger partial charge < -0.3 is 13.9 Å². The molecule has 0 spiro atoms. The first-order valence-electron chi connectivity index (χ1n) is 13.9. The standard InChI is InChI=1S/C32H38N2O7S/c1-20(2)19-39-31(36)34(22-11-9-8-10-12-22)23-13-16-27-26(17-23)25-15-14-24(18-28(25)40-27)42(37,38)33-29(21(3)4)30(35)41-32(5,6)7/h8-18,20-21,29,33H,19H2,1-7H3/t29-/m0/s1. The Hall–Kier alpha value is -3.89. The molecule has 0 fully saturated rings. The van der Waals surface area contributed by atoms with Crippen LogP contribution in [0.5, 0.6) is 0 Å². The summed E-state index contributed by atoms with van der Waals surface area (Å²) < 4.78 is 46.2. The number of ether oxygens (including phenoxy) is 2. The Morgan fingerprint density at radius 2 is 1.57 bits per heavy atom. The Morgan fingerprint density at radius 3 is 2.19 bits per heavy atom. The van der Waals surface area contributed by atoms with Crippen molar-refractivity contribution in [1.29, 1.82) is 0 Å². The minimum absolute atomic E-state index is 0.0494. The number of benzene rings is 3. The number of furan rings is 1. The second kappa shape index (κ2) is 12.1. The summed E-state index contributed by atoms with van der Waals surface area (Å²) in [4.78, 5) is 27.4. The average Bonchev–Trinajstić information content (AvgIpc) is 3.27. The molecule has 0 bridgehead atoms. The van der Waals surface area contributed by atoms with E-state index in [1.165, 1.54) is 17.0 Å². The fourth-order valence-corrected chi connectivity index (χ4v) is 5.70. The molecule has 0 unspecified atom stereocenters. The molecule has 10 heteroatoms. The van der Waals surface area contributed by atoms with Crippen LogP contribution in [0.1, 0.15) is 48.5 Å². The van der Waals surface area contributed by atoms with Crippen LogP contribution in [0.2, 0.25) is 0 Å². The third-order valence-corrected chi connectivity index (χ3v) is 7.78. The summed E-state index contributed by atoms with van der Waals surface area (Å²) in [6.07, 6.45) is -0.508. The first-order chi connectivity index (χ1) is 19.7. The molecule has 3 aromatic carbocycles. The van der Waals surface area contributed by atoms with Crippen molar-refractivity contribution in [2.45, 2.75) is 65.0 Å². The van der Waals surface area contributed by atoms with Crippen molar-refractivity contribution in [1.82, 2.24) is 4.72 Å². The number of nitrogens with zero attached hydrogens (tertiary/aromatic N) is 1. The van der Waals surface area contributed by atoms with E-state index in [1.54, 1.807) is 52.8 Å². The molecule has 4 rings (SSSR count). The number of hydrogen-bond acceptors (Lipinski definition) is 7. The average molecular weight is 595 g/mol. The van der Waals surface area contributed by atoms with E-state index in [9.17, 15) is 18.0 Å². The van der Waals surface area contributed by atoms with Crippen LogP contribution in [-0.4, -0.2) is 38.7 Å². The van der Waals surface area contributed by atoms with Crippen LogP contribution in [0.3, 0.4) is 0 Å². The van der Waals surface area contributed by atoms with Crippen molar-refractivity contribution in [2.24, 2.45) is 11.8 Å². The highest BCUT2D eigenvalue weighted by atomic mass is 32.2. The molecule has 1 heterocycles. The fourth-order valence-electron chi connectivity index (χ4n) is 4.35. The molecule has 9 nitrogen and oxygen atoms in total. The van der Waals surface area contributed by atoms with Crippen LogP contribution in [0.4, 0.5) is 16.2 Å². The Labute approximate surface area is 246 Å². The number of fused-ring (bicyclic) bond motifs is 3. The molecule has 0 saturated carbocycles. The lowest BCUT2D eigenvalue weighted by Gasteiger charge is -2.26. The molecule has 1 aromatic heterocycles. The van der Waals surface area contributed by atoms with Crippen LogP contribution < -0.4 is 9.62 Å². The Morgan fingerprint density at radius 1 is 0.881 bits per heavy atom. The zero-order chi connectivity index (χ0) is 30.8. The van der Waals surface area contributed by atoms with Crippen LogP contribution in [0.25, 0.3) is 21.9 Å². The number of anilines is 2. The Balaban J connectivity index is 1.70. The number of para-hydroxylation sites is 1. The van der Waals surface area contributed by atoms with Crippen LogP contribution in [0.15, 0.2) is 76.0 Å². The quantitative estimate of drug-likeness (QED) is 0.204. The fraction of sp³-hybridized carbons (Fsp3) is 0.375. The number of sulfonamides is 1. The first kappa shape index (κ1) is 31.1. The van der Waals surface area contributed by atoms with Gasteiger partial charge in [-0.05, 0) is 75.1 Å². The van der Waals surface area contributed by atoms with Crippen LogP contribution >= 0.6 is 0 Å². The second-order valence-electron chi connectivity index (χ2n) is 12.0. The van der Waals surface area contributed by atoms with Gasteiger partial charge in [0.25, 0.3) is 0 Å². The van der Waals surface area contributed by atoms with Gasteiger partial charge in [0, 0.05) is 16.8 Å². The van der Waals surface area contributed by atoms with Crippen molar-refractivity contribution in [2.75, 3.05) is 11.5 Å². The van der Waals surface area contributed by atoms with E-state index < -0.39 is 33.7 Å². The summed E-state index contributed by atoms with van der Waals surface area (Å²) in [5.41, 5.74) is 1.32. The predicted molar refractivity (Wildman–Crippen MR) is 163 cm³/mol. The molecule has 1 N–H and O–H groups in total. The van der Waals surface area contributed by atoms with E-state index in [1.807, 2.05) is 50.2 Å². The highest BCUT2D eigenvalue weighted by Gasteiger charge is 2.32. The zero-order valence-electron chi connectivity index (χ0n) is 25.0. The molecule has 0 aliphatic carbocycles. The summed E-state index contributed by atoms with van der Waals surface area (Å²) >= 11 is 0. The molecular weight excluding hydrogens is 556 g/mol. The SMILES string of the molecule is CC(C)COC(=O)N(c1ccccc1)c1ccc2oc3cc(S(=O)(=O)N[C@H](C(=O)OC(C)(C)C)C(C)C)ccc3c2c1. The summed E-state index contributed by atoms with van der Waals surface area (Å²) in [5, 5.41) is 1.37. The molecular formula is C32H38N2O7S. The van der Waals surface area contributed by atoms with Gasteiger partial charge in [-0.15, -0.1) is 0 Å². The number of rotatable bonds is 9. The van der Waals surface area contributed by atoms with Gasteiger partial charge in [0.1, 0.15) is 22.8 Å². The van der Waals surface area contributed by atoms with E-state index >= 15 is 0 Å². The first-order valence-corrected chi connectivity index (χ1v) is 15.4. The van der Waals surface area contributed by atoms with Gasteiger partial charge in [-0.25, -0.2) is 18.1 Å². The van der Waals surface area contributed by atoms with Crippen molar-refractivity contribution in [3.05, 3.63) is 66.7 Å². The normalized spacial score (nSPS) is 13.1. The summed E-state index contributed by atoms with van der Waals surface area (Å²) in [5.74, 6) is -0.817. The van der Waals surface area contributed by atoms with Gasteiger partial charge in [0.2, 0.25) is 10.0 Å². The lowest BCUT2D eigenvalue weighted by Crippen LogP contribution is -2.47. The zero-order valence-corrected chi connectivity index (χ0v) is 25.8. The maximum atomic E-state index is 13.3. The van der Waals surface area contributed by atoms with E-state index in [4.69, 9.17) is 13.9 Å². The van der Waals surface area contributed by atoms with E-state index in [2.05, 4.69) is 4.72 Å². The molecule has 224 valence electrons. The number of esters is 1. The predicted octanol–water partition coefficient (Wildman–Crippen LogP) is 7.16. The van der Waals surface area contributed by atoms with Crippen molar-refractivity contribution < 1.29 is 31.9 Å². The van der Waals surface area contributed by atoms with Crippen molar-refractivity contribution in [3.63, 3.8) is 0 Å². The molecule has 0 radical (unpaired) electrons. The van der Waals surface area contributed by atoms with Crippen molar-refractivity contribution in [3.8, 4) is 0 Å². The molecule has 1 amide bonds. The maximum absolute atomic E-state index is 13.3. The van der Waals surface area contributed by atoms with Gasteiger partial charge in [-0.1, -0.05) is 45.9 Å². The van der Waals surface area contributed by atoms with Gasteiger partial charge in [-0.2, -0.15) is 4.72 Å². The number of carbonyl (C=O) groups excluding carboxylic acids is 2. The second-order valence-corrected chi connectivity index (χ2v) is 13.7. The summed E-state index contributed by atoms with van der Waals surface area (Å²) in [6.45, 7) is 12.9. The minimum atomic E-state index is -4.10. The molecule has 0 aliphatic rings. The third-order valence-electron chi connectivity index (χ3n) is 6.34. The lowest BCUT2D eigenvalue weighted by atomic mass is 10.1. The molecule has 4 aromatic rings. The number of hydrogen-bond donors (Lipinski definition) is 1. The van der Waals surface area contributed by atoms with Crippen LogP contribution in [0, 0.1) is 11.8 Å². The topological polar surface area (TPSA) is 115 Å². The van der Waals surface area contributed by atoms with E-state index in [0.29, 0.717) is 33.3 Å². The van der Waals surface area contributed by atoms with Gasteiger partial charge in [0.15, 0.2) is 0 Å². The molecule has 1 atom stereocenters. The molecule has 0 aliphatic heterocycles.